The minimum absolute atomic E-state index is 0.282. The Balaban J connectivity index is 2.14. The molecule has 1 atom stereocenters. The van der Waals surface area contributed by atoms with Gasteiger partial charge in [-0.15, -0.1) is 0 Å². The van der Waals surface area contributed by atoms with E-state index in [-0.39, 0.29) is 5.91 Å². The number of halogens is 4. The number of hydrogen-bond donors (Lipinski definition) is 2. The van der Waals surface area contributed by atoms with E-state index in [0.717, 1.165) is 30.8 Å². The summed E-state index contributed by atoms with van der Waals surface area (Å²) in [6.07, 6.45) is 3.91. The Morgan fingerprint density at radius 2 is 1.77 bits per heavy atom. The molecule has 0 aliphatic carbocycles. The van der Waals surface area contributed by atoms with Crippen LogP contribution in [0.3, 0.4) is 0 Å². The summed E-state index contributed by atoms with van der Waals surface area (Å²) in [4.78, 5) is 13.5. The van der Waals surface area contributed by atoms with Crippen molar-refractivity contribution < 1.29 is 9.69 Å². The van der Waals surface area contributed by atoms with Gasteiger partial charge in [0, 0.05) is 10.6 Å². The van der Waals surface area contributed by atoms with Crippen LogP contribution in [0.1, 0.15) is 36.0 Å². The van der Waals surface area contributed by atoms with Crippen LogP contribution in [0.25, 0.3) is 0 Å². The van der Waals surface area contributed by atoms with E-state index < -0.39 is 9.96 Å². The maximum absolute atomic E-state index is 12.4. The average molecular weight is 385 g/mol. The van der Waals surface area contributed by atoms with Crippen molar-refractivity contribution in [3.05, 3.63) is 34.9 Å². The Labute approximate surface area is 150 Å². The quantitative estimate of drug-likeness (QED) is 0.770. The molecule has 1 aliphatic heterocycles. The highest BCUT2D eigenvalue weighted by molar-refractivity contribution is 6.68. The zero-order valence-corrected chi connectivity index (χ0v) is 15.1. The van der Waals surface area contributed by atoms with E-state index in [2.05, 4.69) is 5.32 Å². The molecule has 1 aromatic carbocycles. The van der Waals surface area contributed by atoms with Crippen molar-refractivity contribution in [1.82, 2.24) is 5.32 Å². The van der Waals surface area contributed by atoms with E-state index in [1.54, 1.807) is 24.3 Å². The first kappa shape index (κ1) is 18.2. The molecular weight excluding hydrogens is 366 g/mol. The molecule has 22 heavy (non-hydrogen) atoms. The minimum Gasteiger partial charge on any atom is -0.312 e. The Morgan fingerprint density at radius 3 is 2.32 bits per heavy atom. The van der Waals surface area contributed by atoms with Crippen molar-refractivity contribution in [2.45, 2.75) is 35.6 Å². The summed E-state index contributed by atoms with van der Waals surface area (Å²) in [6.45, 7) is 1.77. The molecule has 1 aromatic rings. The molecule has 0 unspecified atom stereocenters. The number of likely N-dealkylation sites (tertiary alicyclic amines) is 1. The lowest BCUT2D eigenvalue weighted by Crippen LogP contribution is -3.19. The number of amides is 1. The summed E-state index contributed by atoms with van der Waals surface area (Å²) in [6, 6.07) is 6.73. The highest BCUT2D eigenvalue weighted by atomic mass is 35.6. The predicted molar refractivity (Wildman–Crippen MR) is 92.2 cm³/mol. The molecule has 0 saturated carbocycles. The van der Waals surface area contributed by atoms with Gasteiger partial charge in [-0.1, -0.05) is 52.5 Å². The summed E-state index contributed by atoms with van der Waals surface area (Å²) in [5.74, 6) is -0.282. The van der Waals surface area contributed by atoms with Gasteiger partial charge in [0.2, 0.25) is 6.17 Å². The largest absolute Gasteiger partial charge is 0.312 e. The van der Waals surface area contributed by atoms with Crippen LogP contribution in [0, 0.1) is 0 Å². The van der Waals surface area contributed by atoms with E-state index in [1.807, 2.05) is 0 Å². The van der Waals surface area contributed by atoms with Crippen molar-refractivity contribution in [3.8, 4) is 0 Å². The van der Waals surface area contributed by atoms with E-state index in [1.165, 1.54) is 12.8 Å². The van der Waals surface area contributed by atoms with Crippen molar-refractivity contribution in [2.24, 2.45) is 0 Å². The zero-order valence-electron chi connectivity index (χ0n) is 12.0. The van der Waals surface area contributed by atoms with Gasteiger partial charge in [0.15, 0.2) is 0 Å². The lowest BCUT2D eigenvalue weighted by molar-refractivity contribution is -0.926. The number of rotatable bonds is 3. The van der Waals surface area contributed by atoms with Gasteiger partial charge in [0.1, 0.15) is 0 Å². The minimum atomic E-state index is -1.56. The van der Waals surface area contributed by atoms with Gasteiger partial charge in [-0.25, -0.2) is 0 Å². The molecular formula is C15H19Cl4N2O+. The second-order valence-corrected chi connectivity index (χ2v) is 8.34. The second kappa shape index (κ2) is 8.07. The average Bonchev–Trinajstić information content (AvgIpc) is 2.72. The van der Waals surface area contributed by atoms with Gasteiger partial charge in [-0.05, 0) is 43.9 Å². The van der Waals surface area contributed by atoms with Gasteiger partial charge in [-0.2, -0.15) is 0 Å². The van der Waals surface area contributed by atoms with Crippen molar-refractivity contribution in [3.63, 3.8) is 0 Å². The summed E-state index contributed by atoms with van der Waals surface area (Å²) in [7, 11) is 0. The molecule has 0 bridgehead atoms. The normalized spacial score (nSPS) is 18.5. The topological polar surface area (TPSA) is 33.5 Å². The van der Waals surface area contributed by atoms with Crippen molar-refractivity contribution in [2.75, 3.05) is 13.1 Å². The van der Waals surface area contributed by atoms with E-state index in [4.69, 9.17) is 46.4 Å². The summed E-state index contributed by atoms with van der Waals surface area (Å²) < 4.78 is -1.56. The van der Waals surface area contributed by atoms with Gasteiger partial charge in [0.05, 0.1) is 13.1 Å². The molecule has 1 heterocycles. The maximum atomic E-state index is 12.4. The van der Waals surface area contributed by atoms with Crippen LogP contribution in [-0.2, 0) is 0 Å². The van der Waals surface area contributed by atoms with Gasteiger partial charge < -0.3 is 4.90 Å². The third-order valence-electron chi connectivity index (χ3n) is 3.84. The molecule has 3 nitrogen and oxygen atoms in total. The number of hydrogen-bond acceptors (Lipinski definition) is 1. The number of carbonyl (C=O) groups is 1. The van der Waals surface area contributed by atoms with Crippen LogP contribution in [0.15, 0.2) is 24.3 Å². The monoisotopic (exact) mass is 383 g/mol. The SMILES string of the molecule is O=C(N[C@@H]([NH+]1CCCCCC1)C(Cl)(Cl)Cl)c1cccc(Cl)c1. The number of carbonyl (C=O) groups excluding carboxylic acids is 1. The first-order valence-electron chi connectivity index (χ1n) is 7.35. The summed E-state index contributed by atoms with van der Waals surface area (Å²) in [5.41, 5.74) is 0.459. The van der Waals surface area contributed by atoms with Gasteiger partial charge >= 0.3 is 0 Å². The fourth-order valence-electron chi connectivity index (χ4n) is 2.73. The zero-order chi connectivity index (χ0) is 16.2. The molecule has 1 saturated heterocycles. The Hall–Kier alpha value is -0.190. The summed E-state index contributed by atoms with van der Waals surface area (Å²) in [5, 5.41) is 3.37. The number of quaternary nitrogens is 1. The van der Waals surface area contributed by atoms with Crippen LogP contribution in [0.4, 0.5) is 0 Å². The number of alkyl halides is 3. The molecule has 7 heteroatoms. The fourth-order valence-corrected chi connectivity index (χ4v) is 3.55. The molecule has 2 rings (SSSR count). The smallest absolute Gasteiger partial charge is 0.262 e. The maximum Gasteiger partial charge on any atom is 0.262 e. The standard InChI is InChI=1S/C15H18Cl4N2O/c16-12-7-5-6-11(10-12)13(22)20-14(15(17,18)19)21-8-3-1-2-4-9-21/h5-7,10,14H,1-4,8-9H2,(H,20,22)/p+1/t14-/m0/s1. The van der Waals surface area contributed by atoms with Gasteiger partial charge in [0.25, 0.3) is 9.70 Å². The van der Waals surface area contributed by atoms with Crippen LogP contribution in [0.2, 0.25) is 5.02 Å². The highest BCUT2D eigenvalue weighted by Gasteiger charge is 2.42. The van der Waals surface area contributed by atoms with Crippen LogP contribution in [-0.4, -0.2) is 29.0 Å². The summed E-state index contributed by atoms with van der Waals surface area (Å²) >= 11 is 24.3. The fraction of sp³-hybridized carbons (Fsp3) is 0.533. The highest BCUT2D eigenvalue weighted by Crippen LogP contribution is 2.28. The molecule has 1 amide bonds. The molecule has 2 N–H and O–H groups in total. The molecule has 0 aromatic heterocycles. The Bertz CT molecular complexity index is 511. The Morgan fingerprint density at radius 1 is 1.14 bits per heavy atom. The van der Waals surface area contributed by atoms with Crippen LogP contribution < -0.4 is 10.2 Å². The molecule has 0 spiro atoms. The molecule has 122 valence electrons. The first-order valence-corrected chi connectivity index (χ1v) is 8.87. The molecule has 1 fully saturated rings. The predicted octanol–water partition coefficient (Wildman–Crippen LogP) is 3.23. The lowest BCUT2D eigenvalue weighted by atomic mass is 10.2. The van der Waals surface area contributed by atoms with E-state index >= 15 is 0 Å². The first-order chi connectivity index (χ1) is 10.4. The third-order valence-corrected chi connectivity index (χ3v) is 4.73. The Kier molecular flexibility index (Phi) is 6.66. The van der Waals surface area contributed by atoms with E-state index in [0.29, 0.717) is 10.6 Å². The third kappa shape index (κ3) is 5.17. The molecule has 1 aliphatic rings. The van der Waals surface area contributed by atoms with Crippen LogP contribution in [0.5, 0.6) is 0 Å². The second-order valence-electron chi connectivity index (χ2n) is 5.53. The lowest BCUT2D eigenvalue weighted by Gasteiger charge is -2.32. The van der Waals surface area contributed by atoms with E-state index in [9.17, 15) is 4.79 Å². The number of nitrogens with one attached hydrogen (secondary N) is 2. The van der Waals surface area contributed by atoms with Crippen molar-refractivity contribution >= 4 is 52.3 Å². The van der Waals surface area contributed by atoms with Gasteiger partial charge in [-0.3, -0.25) is 10.1 Å². The van der Waals surface area contributed by atoms with Crippen LogP contribution >= 0.6 is 46.4 Å². The molecule has 0 radical (unpaired) electrons. The van der Waals surface area contributed by atoms with Crippen molar-refractivity contribution in [1.29, 1.82) is 0 Å². The number of benzene rings is 1.